The van der Waals surface area contributed by atoms with E-state index in [4.69, 9.17) is 9.15 Å². The molecule has 0 saturated carbocycles. The number of nitrogens with one attached hydrogen (secondary N) is 1. The van der Waals surface area contributed by atoms with Crippen LogP contribution < -0.4 is 15.3 Å². The topological polar surface area (TPSA) is 43.9 Å². The van der Waals surface area contributed by atoms with Crippen LogP contribution in [0.1, 0.15) is 19.4 Å². The molecular formula is C15H20NO3+. The molecule has 2 aromatic rings. The maximum Gasteiger partial charge on any atom is 0.345 e. The highest BCUT2D eigenvalue weighted by Gasteiger charge is 2.11. The van der Waals surface area contributed by atoms with E-state index in [1.807, 2.05) is 18.2 Å². The average molecular weight is 262 g/mol. The van der Waals surface area contributed by atoms with Crippen molar-refractivity contribution in [1.29, 1.82) is 0 Å². The van der Waals surface area contributed by atoms with Crippen LogP contribution in [0.3, 0.4) is 0 Å². The van der Waals surface area contributed by atoms with Gasteiger partial charge < -0.3 is 14.1 Å². The molecule has 1 heterocycles. The second kappa shape index (κ2) is 5.89. The van der Waals surface area contributed by atoms with Gasteiger partial charge >= 0.3 is 5.63 Å². The molecule has 0 atom stereocenters. The largest absolute Gasteiger partial charge is 0.497 e. The summed E-state index contributed by atoms with van der Waals surface area (Å²) in [4.78, 5) is 13.3. The highest BCUT2D eigenvalue weighted by molar-refractivity contribution is 5.78. The van der Waals surface area contributed by atoms with E-state index < -0.39 is 0 Å². The standard InChI is InChI=1S/C15H19NO3/c1-4-16(5-2)10-12-8-11-6-7-13(18-3)9-14(11)19-15(12)17/h6-9H,4-5,10H2,1-3H3/p+1. The zero-order chi connectivity index (χ0) is 13.8. The van der Waals surface area contributed by atoms with Crippen LogP contribution in [0, 0.1) is 0 Å². The van der Waals surface area contributed by atoms with Gasteiger partial charge in [0.15, 0.2) is 0 Å². The minimum Gasteiger partial charge on any atom is -0.497 e. The molecule has 0 amide bonds. The second-order valence-corrected chi connectivity index (χ2v) is 4.60. The number of ether oxygens (including phenoxy) is 1. The molecule has 0 aliphatic heterocycles. The van der Waals surface area contributed by atoms with Crippen molar-refractivity contribution in [2.75, 3.05) is 20.2 Å². The van der Waals surface area contributed by atoms with Gasteiger partial charge in [0.1, 0.15) is 17.9 Å². The molecule has 0 aliphatic carbocycles. The van der Waals surface area contributed by atoms with Crippen molar-refractivity contribution >= 4 is 11.0 Å². The van der Waals surface area contributed by atoms with Crippen molar-refractivity contribution in [2.24, 2.45) is 0 Å². The van der Waals surface area contributed by atoms with Crippen molar-refractivity contribution in [2.45, 2.75) is 20.4 Å². The monoisotopic (exact) mass is 262 g/mol. The van der Waals surface area contributed by atoms with Gasteiger partial charge in [0.2, 0.25) is 0 Å². The van der Waals surface area contributed by atoms with E-state index in [1.54, 1.807) is 13.2 Å². The van der Waals surface area contributed by atoms with Gasteiger partial charge in [-0.15, -0.1) is 0 Å². The molecule has 102 valence electrons. The average Bonchev–Trinajstić information content (AvgIpc) is 2.44. The summed E-state index contributed by atoms with van der Waals surface area (Å²) in [6.07, 6.45) is 0. The fourth-order valence-electron chi connectivity index (χ4n) is 2.15. The minimum atomic E-state index is -0.250. The van der Waals surface area contributed by atoms with Crippen molar-refractivity contribution in [1.82, 2.24) is 0 Å². The van der Waals surface area contributed by atoms with Crippen LogP contribution in [0.15, 0.2) is 33.5 Å². The molecule has 1 aromatic heterocycles. The van der Waals surface area contributed by atoms with E-state index in [2.05, 4.69) is 13.8 Å². The van der Waals surface area contributed by atoms with Gasteiger partial charge in [0, 0.05) is 11.5 Å². The summed E-state index contributed by atoms with van der Waals surface area (Å²) in [6, 6.07) is 7.45. The first kappa shape index (κ1) is 13.6. The molecule has 0 aliphatic rings. The van der Waals surface area contributed by atoms with E-state index in [0.29, 0.717) is 17.9 Å². The summed E-state index contributed by atoms with van der Waals surface area (Å²) in [7, 11) is 1.59. The predicted molar refractivity (Wildman–Crippen MR) is 74.8 cm³/mol. The number of quaternary nitrogens is 1. The molecule has 19 heavy (non-hydrogen) atoms. The first-order chi connectivity index (χ1) is 9.17. The van der Waals surface area contributed by atoms with Crippen molar-refractivity contribution in [3.63, 3.8) is 0 Å². The molecular weight excluding hydrogens is 242 g/mol. The minimum absolute atomic E-state index is 0.250. The zero-order valence-electron chi connectivity index (χ0n) is 11.7. The Morgan fingerprint density at radius 2 is 1.95 bits per heavy atom. The number of fused-ring (bicyclic) bond motifs is 1. The highest BCUT2D eigenvalue weighted by Crippen LogP contribution is 2.19. The van der Waals surface area contributed by atoms with Crippen molar-refractivity contribution in [3.05, 3.63) is 40.2 Å². The van der Waals surface area contributed by atoms with Crippen LogP contribution in [0.4, 0.5) is 0 Å². The Morgan fingerprint density at radius 3 is 2.58 bits per heavy atom. The van der Waals surface area contributed by atoms with E-state index >= 15 is 0 Å². The highest BCUT2D eigenvalue weighted by atomic mass is 16.5. The number of hydrogen-bond donors (Lipinski definition) is 1. The summed E-state index contributed by atoms with van der Waals surface area (Å²) in [5, 5.41) is 0.932. The van der Waals surface area contributed by atoms with Crippen LogP contribution in [-0.2, 0) is 6.54 Å². The summed E-state index contributed by atoms with van der Waals surface area (Å²) < 4.78 is 10.5. The Morgan fingerprint density at radius 1 is 1.21 bits per heavy atom. The summed E-state index contributed by atoms with van der Waals surface area (Å²) in [5.41, 5.74) is 1.05. The number of benzene rings is 1. The Bertz CT molecular complexity index is 614. The molecule has 0 unspecified atom stereocenters. The van der Waals surface area contributed by atoms with Gasteiger partial charge in [-0.1, -0.05) is 0 Å². The quantitative estimate of drug-likeness (QED) is 0.824. The maximum atomic E-state index is 12.0. The molecule has 0 bridgehead atoms. The first-order valence-corrected chi connectivity index (χ1v) is 6.62. The van der Waals surface area contributed by atoms with E-state index in [9.17, 15) is 4.79 Å². The number of rotatable bonds is 5. The summed E-state index contributed by atoms with van der Waals surface area (Å²) in [6.45, 7) is 6.93. The molecule has 4 heteroatoms. The van der Waals surface area contributed by atoms with Gasteiger partial charge in [0.25, 0.3) is 0 Å². The molecule has 0 fully saturated rings. The van der Waals surface area contributed by atoms with Crippen LogP contribution in [0.25, 0.3) is 11.0 Å². The summed E-state index contributed by atoms with van der Waals surface area (Å²) >= 11 is 0. The lowest BCUT2D eigenvalue weighted by Gasteiger charge is -2.14. The summed E-state index contributed by atoms with van der Waals surface area (Å²) in [5.74, 6) is 0.692. The van der Waals surface area contributed by atoms with E-state index in [1.165, 1.54) is 4.90 Å². The Kier molecular flexibility index (Phi) is 4.22. The third-order valence-corrected chi connectivity index (χ3v) is 3.46. The second-order valence-electron chi connectivity index (χ2n) is 4.60. The smallest absolute Gasteiger partial charge is 0.345 e. The third kappa shape index (κ3) is 2.96. The van der Waals surface area contributed by atoms with Gasteiger partial charge in [-0.3, -0.25) is 0 Å². The molecule has 1 aromatic carbocycles. The van der Waals surface area contributed by atoms with Gasteiger partial charge in [-0.05, 0) is 32.0 Å². The van der Waals surface area contributed by atoms with Crippen LogP contribution >= 0.6 is 0 Å². The van der Waals surface area contributed by atoms with Gasteiger partial charge in [-0.25, -0.2) is 4.79 Å². The lowest BCUT2D eigenvalue weighted by molar-refractivity contribution is -0.910. The Balaban J connectivity index is 2.41. The lowest BCUT2D eigenvalue weighted by atomic mass is 10.1. The van der Waals surface area contributed by atoms with Crippen LogP contribution in [-0.4, -0.2) is 20.2 Å². The van der Waals surface area contributed by atoms with Crippen LogP contribution in [0.5, 0.6) is 5.75 Å². The molecule has 4 nitrogen and oxygen atoms in total. The molecule has 1 N–H and O–H groups in total. The number of methoxy groups -OCH3 is 1. The maximum absolute atomic E-state index is 12.0. The van der Waals surface area contributed by atoms with E-state index in [-0.39, 0.29) is 5.63 Å². The molecule has 0 radical (unpaired) electrons. The molecule has 0 spiro atoms. The van der Waals surface area contributed by atoms with Crippen molar-refractivity contribution in [3.8, 4) is 5.75 Å². The van der Waals surface area contributed by atoms with Gasteiger partial charge in [0.05, 0.1) is 25.8 Å². The fraction of sp³-hybridized carbons (Fsp3) is 0.400. The lowest BCUT2D eigenvalue weighted by Crippen LogP contribution is -3.10. The van der Waals surface area contributed by atoms with Crippen LogP contribution in [0.2, 0.25) is 0 Å². The number of hydrogen-bond acceptors (Lipinski definition) is 3. The fourth-order valence-corrected chi connectivity index (χ4v) is 2.15. The Hall–Kier alpha value is -1.81. The molecule has 0 saturated heterocycles. The SMILES string of the molecule is CC[NH+](CC)Cc1cc2ccc(OC)cc2oc1=O. The zero-order valence-corrected chi connectivity index (χ0v) is 11.7. The van der Waals surface area contributed by atoms with Crippen molar-refractivity contribution < 1.29 is 14.1 Å². The van der Waals surface area contributed by atoms with Gasteiger partial charge in [-0.2, -0.15) is 0 Å². The normalized spacial score (nSPS) is 11.2. The van der Waals surface area contributed by atoms with E-state index in [0.717, 1.165) is 24.0 Å². The Labute approximate surface area is 112 Å². The predicted octanol–water partition coefficient (Wildman–Crippen LogP) is 1.23. The third-order valence-electron chi connectivity index (χ3n) is 3.46. The first-order valence-electron chi connectivity index (χ1n) is 6.62. The molecule has 2 rings (SSSR count).